The van der Waals surface area contributed by atoms with Gasteiger partial charge in [0, 0.05) is 29.4 Å². The average molecular weight is 372 g/mol. The van der Waals surface area contributed by atoms with E-state index in [1.165, 1.54) is 28.5 Å². The molecule has 1 saturated heterocycles. The summed E-state index contributed by atoms with van der Waals surface area (Å²) in [7, 11) is 1.60. The minimum absolute atomic E-state index is 0.131. The molecule has 1 aliphatic carbocycles. The lowest BCUT2D eigenvalue weighted by atomic mass is 9.72. The van der Waals surface area contributed by atoms with Crippen LogP contribution in [0.4, 0.5) is 0 Å². The Morgan fingerprint density at radius 1 is 1.42 bits per heavy atom. The van der Waals surface area contributed by atoms with Crippen LogP contribution in [-0.2, 0) is 19.2 Å². The van der Waals surface area contributed by atoms with Crippen LogP contribution in [0.2, 0.25) is 0 Å². The van der Waals surface area contributed by atoms with Crippen LogP contribution in [0.3, 0.4) is 0 Å². The number of thioether (sulfide) groups is 2. The Bertz CT molecular complexity index is 667. The number of hydrogen-bond donors (Lipinski definition) is 4. The molecule has 11 heteroatoms. The van der Waals surface area contributed by atoms with Gasteiger partial charge in [0.1, 0.15) is 5.50 Å². The number of rotatable bonds is 4. The molecule has 1 saturated carbocycles. The Morgan fingerprint density at radius 3 is 2.79 bits per heavy atom. The number of fused-ring (bicyclic) bond motifs is 1. The Balaban J connectivity index is 1.73. The van der Waals surface area contributed by atoms with Crippen LogP contribution in [0.15, 0.2) is 11.1 Å². The lowest BCUT2D eigenvalue weighted by molar-refractivity contribution is -0.146. The molecule has 130 valence electrons. The lowest BCUT2D eigenvalue weighted by Gasteiger charge is -2.44. The number of carbonyl (C=O) groups is 4. The van der Waals surface area contributed by atoms with Crippen molar-refractivity contribution in [3.8, 4) is 0 Å². The van der Waals surface area contributed by atoms with Crippen LogP contribution >= 0.6 is 23.5 Å². The summed E-state index contributed by atoms with van der Waals surface area (Å²) in [5, 5.41) is 13.3. The van der Waals surface area contributed by atoms with Gasteiger partial charge in [-0.1, -0.05) is 0 Å². The number of ketones is 1. The molecule has 0 aromatic carbocycles. The number of hydrogen-bond acceptors (Lipinski definition) is 8. The van der Waals surface area contributed by atoms with Crippen LogP contribution in [0, 0.1) is 5.92 Å². The van der Waals surface area contributed by atoms with Gasteiger partial charge in [0.15, 0.2) is 5.78 Å². The van der Waals surface area contributed by atoms with E-state index < -0.39 is 35.2 Å². The smallest absolute Gasteiger partial charge is 0.332 e. The second-order valence-electron chi connectivity index (χ2n) is 5.69. The molecule has 5 N–H and O–H groups in total. The van der Waals surface area contributed by atoms with Gasteiger partial charge in [0.2, 0.25) is 0 Å². The Labute approximate surface area is 145 Å². The molecule has 2 amide bonds. The van der Waals surface area contributed by atoms with E-state index in [4.69, 9.17) is 5.73 Å². The van der Waals surface area contributed by atoms with Crippen LogP contribution in [0.25, 0.3) is 0 Å². The molecule has 3 aliphatic rings. The fraction of sp³-hybridized carbons (Fsp3) is 0.538. The number of carboxylic acid groups (broad SMARTS) is 1. The number of amides is 2. The van der Waals surface area contributed by atoms with Crippen molar-refractivity contribution in [1.82, 2.24) is 15.8 Å². The number of Topliss-reactive ketones (excluding diaryl/α,β-unsaturated/α-hetero) is 1. The highest BCUT2D eigenvalue weighted by Crippen LogP contribution is 2.45. The Hall–Kier alpha value is -1.56. The molecule has 2 fully saturated rings. The maximum absolute atomic E-state index is 11.9. The van der Waals surface area contributed by atoms with Gasteiger partial charge in [-0.25, -0.2) is 4.79 Å². The summed E-state index contributed by atoms with van der Waals surface area (Å²) in [5.74, 6) is -2.66. The molecule has 0 spiro atoms. The standard InChI is InChI=1S/C13H16N4O5S2/c1-17-13(15-10(19)11(20)16-17)24-3-4-2-23-9-6(5(4)12(21)22)8(18)7(9)14/h6-7,9,13H,2-3,14H2,1H3,(H,15,19)(H,16,20)(H,21,22)/t6-,7-,9-,13+/m1/s1. The molecule has 0 unspecified atom stereocenters. The fourth-order valence-electron chi connectivity index (χ4n) is 2.90. The van der Waals surface area contributed by atoms with E-state index in [0.29, 0.717) is 17.1 Å². The van der Waals surface area contributed by atoms with Crippen LogP contribution in [0.1, 0.15) is 0 Å². The van der Waals surface area contributed by atoms with E-state index >= 15 is 0 Å². The normalized spacial score (nSPS) is 33.5. The highest BCUT2D eigenvalue weighted by atomic mass is 32.2. The third kappa shape index (κ3) is 2.81. The fourth-order valence-corrected chi connectivity index (χ4v) is 5.57. The van der Waals surface area contributed by atoms with Crippen LogP contribution in [0.5, 0.6) is 0 Å². The lowest BCUT2D eigenvalue weighted by Crippen LogP contribution is -2.63. The zero-order valence-electron chi connectivity index (χ0n) is 12.6. The summed E-state index contributed by atoms with van der Waals surface area (Å²) < 4.78 is 0. The number of nitrogens with two attached hydrogens (primary N) is 1. The van der Waals surface area contributed by atoms with E-state index in [9.17, 15) is 24.3 Å². The first-order chi connectivity index (χ1) is 11.3. The van der Waals surface area contributed by atoms with Crippen molar-refractivity contribution < 1.29 is 24.3 Å². The van der Waals surface area contributed by atoms with E-state index in [1.807, 2.05) is 0 Å². The van der Waals surface area contributed by atoms with Crippen molar-refractivity contribution in [2.75, 3.05) is 18.6 Å². The SMILES string of the molecule is CN1NC(=O)C(=O)N[C@@H]1SCC1=C(C(=O)O)[C@@H]2C(=O)[C@@H](N)[C@@H]2SC1. The molecule has 0 radical (unpaired) electrons. The van der Waals surface area contributed by atoms with Gasteiger partial charge in [-0.3, -0.25) is 19.8 Å². The molecular weight excluding hydrogens is 356 g/mol. The molecular formula is C13H16N4O5S2. The molecule has 4 atom stereocenters. The van der Waals surface area contributed by atoms with Gasteiger partial charge in [0.05, 0.1) is 12.0 Å². The number of nitrogens with one attached hydrogen (secondary N) is 2. The van der Waals surface area contributed by atoms with E-state index in [-0.39, 0.29) is 16.6 Å². The number of carbonyl (C=O) groups excluding carboxylic acids is 3. The molecule has 24 heavy (non-hydrogen) atoms. The highest BCUT2D eigenvalue weighted by Gasteiger charge is 2.54. The topological polar surface area (TPSA) is 142 Å². The Kier molecular flexibility index (Phi) is 4.60. The minimum atomic E-state index is -1.10. The molecule has 0 aromatic heterocycles. The number of hydrazine groups is 1. The summed E-state index contributed by atoms with van der Waals surface area (Å²) >= 11 is 2.76. The summed E-state index contributed by atoms with van der Waals surface area (Å²) in [6.45, 7) is 0. The van der Waals surface area contributed by atoms with Crippen LogP contribution in [-0.4, -0.2) is 69.0 Å². The number of carboxylic acids is 1. The zero-order valence-corrected chi connectivity index (χ0v) is 14.3. The quantitative estimate of drug-likeness (QED) is 0.417. The minimum Gasteiger partial charge on any atom is -0.478 e. The molecule has 0 aromatic rings. The summed E-state index contributed by atoms with van der Waals surface area (Å²) in [4.78, 5) is 46.2. The van der Waals surface area contributed by atoms with Gasteiger partial charge in [-0.15, -0.1) is 11.8 Å². The maximum Gasteiger partial charge on any atom is 0.332 e. The van der Waals surface area contributed by atoms with Crippen LogP contribution < -0.4 is 16.5 Å². The Morgan fingerprint density at radius 2 is 2.12 bits per heavy atom. The summed E-state index contributed by atoms with van der Waals surface area (Å²) in [6.07, 6.45) is 0. The number of aliphatic carboxylic acids is 1. The van der Waals surface area contributed by atoms with Crippen molar-refractivity contribution in [3.05, 3.63) is 11.1 Å². The average Bonchev–Trinajstić information content (AvgIpc) is 2.55. The summed E-state index contributed by atoms with van der Waals surface area (Å²) in [6, 6.07) is -0.595. The van der Waals surface area contributed by atoms with Crippen molar-refractivity contribution in [1.29, 1.82) is 0 Å². The van der Waals surface area contributed by atoms with Gasteiger partial charge in [-0.05, 0) is 5.57 Å². The first-order valence-corrected chi connectivity index (χ1v) is 9.23. The van der Waals surface area contributed by atoms with Crippen molar-refractivity contribution in [2.45, 2.75) is 16.8 Å². The third-order valence-electron chi connectivity index (χ3n) is 4.20. The number of nitrogens with zero attached hydrogens (tertiary/aromatic N) is 1. The molecule has 0 bridgehead atoms. The van der Waals surface area contributed by atoms with E-state index in [1.54, 1.807) is 7.05 Å². The predicted octanol–water partition coefficient (Wildman–Crippen LogP) is -1.88. The monoisotopic (exact) mass is 372 g/mol. The second-order valence-corrected chi connectivity index (χ2v) is 7.93. The highest BCUT2D eigenvalue weighted by molar-refractivity contribution is 8.01. The molecule has 2 aliphatic heterocycles. The van der Waals surface area contributed by atoms with Crippen molar-refractivity contribution in [3.63, 3.8) is 0 Å². The third-order valence-corrected chi connectivity index (χ3v) is 6.93. The first-order valence-electron chi connectivity index (χ1n) is 7.13. The molecule has 3 rings (SSSR count). The van der Waals surface area contributed by atoms with Gasteiger partial charge < -0.3 is 16.2 Å². The summed E-state index contributed by atoms with van der Waals surface area (Å²) in [5.41, 5.74) is 8.40. The molecule has 9 nitrogen and oxygen atoms in total. The van der Waals surface area contributed by atoms with Gasteiger partial charge >= 0.3 is 17.8 Å². The zero-order chi connectivity index (χ0) is 17.6. The van der Waals surface area contributed by atoms with Gasteiger partial charge in [-0.2, -0.15) is 16.8 Å². The largest absolute Gasteiger partial charge is 0.478 e. The first kappa shape index (κ1) is 17.3. The van der Waals surface area contributed by atoms with E-state index in [2.05, 4.69) is 10.7 Å². The van der Waals surface area contributed by atoms with Crippen molar-refractivity contribution >= 4 is 47.1 Å². The van der Waals surface area contributed by atoms with E-state index in [0.717, 1.165) is 0 Å². The predicted molar refractivity (Wildman–Crippen MR) is 87.7 cm³/mol. The van der Waals surface area contributed by atoms with Crippen molar-refractivity contribution in [2.24, 2.45) is 11.7 Å². The van der Waals surface area contributed by atoms with Gasteiger partial charge in [0.25, 0.3) is 0 Å². The molecule has 2 heterocycles. The second kappa shape index (κ2) is 6.39. The maximum atomic E-state index is 11.9.